The highest BCUT2D eigenvalue weighted by Crippen LogP contribution is 2.30. The first-order valence-electron chi connectivity index (χ1n) is 11.5. The van der Waals surface area contributed by atoms with Gasteiger partial charge >= 0.3 is 0 Å². The van der Waals surface area contributed by atoms with Crippen LogP contribution in [0.2, 0.25) is 5.02 Å². The Kier molecular flexibility index (Phi) is 8.56. The first-order chi connectivity index (χ1) is 16.6. The van der Waals surface area contributed by atoms with Crippen molar-refractivity contribution in [2.24, 2.45) is 5.92 Å². The number of rotatable bonds is 10. The second kappa shape index (κ2) is 11.2. The highest BCUT2D eigenvalue weighted by atomic mass is 35.5. The van der Waals surface area contributed by atoms with Crippen LogP contribution >= 0.6 is 11.6 Å². The van der Waals surface area contributed by atoms with Crippen molar-refractivity contribution in [3.63, 3.8) is 0 Å². The standard InChI is InChI=1S/C25H30ClN3O5S/c1-4-21(24(31)27-15-17(2)3)28(16-18-9-5-7-11-20(18)26)23(30)13-14-29-25(32)19-10-6-8-12-22(19)35(29,33)34/h5-12,17,21H,4,13-16H2,1-3H3,(H,27,31). The number of hydrogen-bond acceptors (Lipinski definition) is 5. The fourth-order valence-electron chi connectivity index (χ4n) is 3.95. The lowest BCUT2D eigenvalue weighted by atomic mass is 10.1. The van der Waals surface area contributed by atoms with Crippen molar-refractivity contribution in [3.05, 3.63) is 64.7 Å². The third-order valence-corrected chi connectivity index (χ3v) is 8.02. The van der Waals surface area contributed by atoms with Crippen molar-refractivity contribution in [1.82, 2.24) is 14.5 Å². The van der Waals surface area contributed by atoms with E-state index < -0.39 is 27.9 Å². The fourth-order valence-corrected chi connectivity index (χ4v) is 5.71. The van der Waals surface area contributed by atoms with E-state index in [1.165, 1.54) is 17.0 Å². The minimum atomic E-state index is -4.03. The van der Waals surface area contributed by atoms with Crippen molar-refractivity contribution >= 4 is 39.3 Å². The molecule has 1 heterocycles. The van der Waals surface area contributed by atoms with Crippen LogP contribution in [0.3, 0.4) is 0 Å². The lowest BCUT2D eigenvalue weighted by Gasteiger charge is -2.31. The van der Waals surface area contributed by atoms with E-state index >= 15 is 0 Å². The number of hydrogen-bond donors (Lipinski definition) is 1. The van der Waals surface area contributed by atoms with E-state index in [0.29, 0.717) is 23.6 Å². The van der Waals surface area contributed by atoms with Gasteiger partial charge in [-0.05, 0) is 36.1 Å². The third kappa shape index (κ3) is 5.85. The Morgan fingerprint density at radius 2 is 1.74 bits per heavy atom. The van der Waals surface area contributed by atoms with Crippen LogP contribution in [0.15, 0.2) is 53.4 Å². The molecule has 0 aliphatic carbocycles. The molecule has 35 heavy (non-hydrogen) atoms. The molecule has 2 aromatic rings. The number of nitrogens with zero attached hydrogens (tertiary/aromatic N) is 2. The van der Waals surface area contributed by atoms with Gasteiger partial charge in [-0.25, -0.2) is 12.7 Å². The minimum absolute atomic E-state index is 0.0649. The summed E-state index contributed by atoms with van der Waals surface area (Å²) in [6, 6.07) is 12.2. The SMILES string of the molecule is CCC(C(=O)NCC(C)C)N(Cc1ccccc1Cl)C(=O)CCN1C(=O)c2ccccc2S1(=O)=O. The maximum atomic E-state index is 13.4. The Labute approximate surface area is 211 Å². The molecule has 8 nitrogen and oxygen atoms in total. The van der Waals surface area contributed by atoms with Gasteiger partial charge in [-0.3, -0.25) is 14.4 Å². The van der Waals surface area contributed by atoms with E-state index in [9.17, 15) is 22.8 Å². The molecule has 2 aromatic carbocycles. The van der Waals surface area contributed by atoms with E-state index in [2.05, 4.69) is 5.32 Å². The van der Waals surface area contributed by atoms with Crippen molar-refractivity contribution in [2.75, 3.05) is 13.1 Å². The number of fused-ring (bicyclic) bond motifs is 1. The molecule has 0 fully saturated rings. The Hall–Kier alpha value is -2.91. The lowest BCUT2D eigenvalue weighted by molar-refractivity contribution is -0.141. The quantitative estimate of drug-likeness (QED) is 0.517. The number of sulfonamides is 1. The first kappa shape index (κ1) is 26.7. The van der Waals surface area contributed by atoms with Gasteiger partial charge in [0.15, 0.2) is 0 Å². The van der Waals surface area contributed by atoms with E-state index in [4.69, 9.17) is 11.6 Å². The number of amides is 3. The molecule has 1 aliphatic rings. The van der Waals surface area contributed by atoms with Crippen LogP contribution in [0.1, 0.15) is 49.5 Å². The predicted octanol–water partition coefficient (Wildman–Crippen LogP) is 3.45. The molecule has 0 radical (unpaired) electrons. The van der Waals surface area contributed by atoms with Gasteiger partial charge in [0.05, 0.1) is 5.56 Å². The number of benzene rings is 2. The third-order valence-electron chi connectivity index (χ3n) is 5.81. The van der Waals surface area contributed by atoms with Crippen LogP contribution in [0, 0.1) is 5.92 Å². The molecule has 3 amide bonds. The van der Waals surface area contributed by atoms with Crippen LogP contribution in [0.25, 0.3) is 0 Å². The maximum Gasteiger partial charge on any atom is 0.269 e. The summed E-state index contributed by atoms with van der Waals surface area (Å²) < 4.78 is 26.4. The number of nitrogens with one attached hydrogen (secondary N) is 1. The zero-order chi connectivity index (χ0) is 25.8. The van der Waals surface area contributed by atoms with Gasteiger partial charge < -0.3 is 10.2 Å². The van der Waals surface area contributed by atoms with Gasteiger partial charge in [-0.1, -0.05) is 62.7 Å². The van der Waals surface area contributed by atoms with Gasteiger partial charge in [-0.2, -0.15) is 0 Å². The van der Waals surface area contributed by atoms with Crippen molar-refractivity contribution in [3.8, 4) is 0 Å². The molecule has 0 bridgehead atoms. The molecule has 0 saturated carbocycles. The van der Waals surface area contributed by atoms with Gasteiger partial charge in [-0.15, -0.1) is 0 Å². The van der Waals surface area contributed by atoms with E-state index in [1.807, 2.05) is 13.8 Å². The number of carbonyl (C=O) groups excluding carboxylic acids is 3. The second-order valence-electron chi connectivity index (χ2n) is 8.80. The molecule has 1 atom stereocenters. The fraction of sp³-hybridized carbons (Fsp3) is 0.400. The molecular formula is C25H30ClN3O5S. The maximum absolute atomic E-state index is 13.4. The highest BCUT2D eigenvalue weighted by Gasteiger charge is 2.41. The van der Waals surface area contributed by atoms with E-state index in [-0.39, 0.29) is 41.8 Å². The molecule has 10 heteroatoms. The summed E-state index contributed by atoms with van der Waals surface area (Å²) in [5.74, 6) is -1.17. The Balaban J connectivity index is 1.83. The Morgan fingerprint density at radius 3 is 2.37 bits per heavy atom. The average Bonchev–Trinajstić information content (AvgIpc) is 3.02. The summed E-state index contributed by atoms with van der Waals surface area (Å²) in [5, 5.41) is 3.33. The van der Waals surface area contributed by atoms with E-state index in [1.54, 1.807) is 43.3 Å². The average molecular weight is 520 g/mol. The van der Waals surface area contributed by atoms with Gasteiger partial charge in [0, 0.05) is 31.1 Å². The summed E-state index contributed by atoms with van der Waals surface area (Å²) in [4.78, 5) is 40.5. The molecule has 0 saturated heterocycles. The van der Waals surface area contributed by atoms with Crippen LogP contribution < -0.4 is 5.32 Å². The Bertz CT molecular complexity index is 1220. The molecule has 1 unspecified atom stereocenters. The molecule has 0 aromatic heterocycles. The highest BCUT2D eigenvalue weighted by molar-refractivity contribution is 7.90. The number of halogens is 1. The minimum Gasteiger partial charge on any atom is -0.354 e. The summed E-state index contributed by atoms with van der Waals surface area (Å²) in [6.45, 7) is 5.96. The Morgan fingerprint density at radius 1 is 1.09 bits per heavy atom. The van der Waals surface area contributed by atoms with Crippen molar-refractivity contribution in [2.45, 2.75) is 51.1 Å². The molecule has 188 valence electrons. The van der Waals surface area contributed by atoms with Crippen molar-refractivity contribution < 1.29 is 22.8 Å². The normalized spacial score (nSPS) is 15.1. The smallest absolute Gasteiger partial charge is 0.269 e. The molecule has 3 rings (SSSR count). The topological polar surface area (TPSA) is 104 Å². The van der Waals surface area contributed by atoms with Gasteiger partial charge in [0.2, 0.25) is 11.8 Å². The zero-order valence-corrected chi connectivity index (χ0v) is 21.6. The van der Waals surface area contributed by atoms with Crippen LogP contribution in [-0.4, -0.2) is 54.5 Å². The molecule has 1 N–H and O–H groups in total. The largest absolute Gasteiger partial charge is 0.354 e. The van der Waals surface area contributed by atoms with E-state index in [0.717, 1.165) is 4.31 Å². The zero-order valence-electron chi connectivity index (χ0n) is 20.0. The number of carbonyl (C=O) groups is 3. The molecule has 0 spiro atoms. The summed E-state index contributed by atoms with van der Waals surface area (Å²) in [6.07, 6.45) is 0.0872. The van der Waals surface area contributed by atoms with Crippen LogP contribution in [0.5, 0.6) is 0 Å². The monoisotopic (exact) mass is 519 g/mol. The second-order valence-corrected chi connectivity index (χ2v) is 11.0. The summed E-state index contributed by atoms with van der Waals surface area (Å²) in [7, 11) is -4.03. The van der Waals surface area contributed by atoms with Crippen molar-refractivity contribution in [1.29, 1.82) is 0 Å². The van der Waals surface area contributed by atoms with Crippen LogP contribution in [-0.2, 0) is 26.2 Å². The predicted molar refractivity (Wildman–Crippen MR) is 133 cm³/mol. The van der Waals surface area contributed by atoms with Crippen LogP contribution in [0.4, 0.5) is 0 Å². The summed E-state index contributed by atoms with van der Waals surface area (Å²) >= 11 is 6.32. The molecule has 1 aliphatic heterocycles. The first-order valence-corrected chi connectivity index (χ1v) is 13.4. The summed E-state index contributed by atoms with van der Waals surface area (Å²) in [5.41, 5.74) is 0.752. The van der Waals surface area contributed by atoms with Gasteiger partial charge in [0.1, 0.15) is 10.9 Å². The van der Waals surface area contributed by atoms with Gasteiger partial charge in [0.25, 0.3) is 15.9 Å². The lowest BCUT2D eigenvalue weighted by Crippen LogP contribution is -2.50. The molecular weight excluding hydrogens is 490 g/mol.